The second kappa shape index (κ2) is 6.69. The van der Waals surface area contributed by atoms with Crippen LogP contribution < -0.4 is 4.72 Å². The van der Waals surface area contributed by atoms with Crippen molar-refractivity contribution in [3.63, 3.8) is 0 Å². The van der Waals surface area contributed by atoms with Crippen LogP contribution in [0.3, 0.4) is 0 Å². The summed E-state index contributed by atoms with van der Waals surface area (Å²) in [6.07, 6.45) is 0.130. The fraction of sp³-hybridized carbons (Fsp3) is 0.364. The van der Waals surface area contributed by atoms with Crippen LogP contribution in [0.25, 0.3) is 0 Å². The molecule has 5 nitrogen and oxygen atoms in total. The third kappa shape index (κ3) is 4.76. The quantitative estimate of drug-likeness (QED) is 0.806. The van der Waals surface area contributed by atoms with Gasteiger partial charge in [0.05, 0.1) is 16.3 Å². The van der Waals surface area contributed by atoms with E-state index in [2.05, 4.69) is 20.7 Å². The lowest BCUT2D eigenvalue weighted by Crippen LogP contribution is -2.36. The lowest BCUT2D eigenvalue weighted by Gasteiger charge is -2.15. The van der Waals surface area contributed by atoms with Gasteiger partial charge in [0.1, 0.15) is 0 Å². The molecule has 1 rings (SSSR count). The first-order chi connectivity index (χ1) is 8.76. The highest BCUT2D eigenvalue weighted by Crippen LogP contribution is 2.25. The third-order valence-electron chi connectivity index (χ3n) is 2.44. The maximum absolute atomic E-state index is 12.1. The standard InChI is InChI=1S/C11H13BrClNO4S/c1-2-7(5-11(15)16)14-19(17,18)8-3-4-10(13)9(12)6-8/h3-4,6-7,14H,2,5H2,1H3,(H,15,16). The number of halogens is 2. The molecule has 1 aromatic rings. The number of benzene rings is 1. The summed E-state index contributed by atoms with van der Waals surface area (Å²) in [5, 5.41) is 9.10. The molecule has 0 aliphatic heterocycles. The number of hydrogen-bond donors (Lipinski definition) is 2. The van der Waals surface area contributed by atoms with Crippen LogP contribution in [0.5, 0.6) is 0 Å². The normalized spacial score (nSPS) is 13.2. The average molecular weight is 371 g/mol. The zero-order valence-corrected chi connectivity index (χ0v) is 13.2. The zero-order valence-electron chi connectivity index (χ0n) is 10.1. The van der Waals surface area contributed by atoms with Gasteiger partial charge in [0.25, 0.3) is 0 Å². The molecule has 0 aromatic heterocycles. The minimum absolute atomic E-state index is 0.0348. The lowest BCUT2D eigenvalue weighted by molar-refractivity contribution is -0.137. The van der Waals surface area contributed by atoms with Gasteiger partial charge < -0.3 is 5.11 Å². The number of rotatable bonds is 6. The second-order valence-corrected chi connectivity index (χ2v) is 6.88. The van der Waals surface area contributed by atoms with E-state index in [1.165, 1.54) is 18.2 Å². The molecule has 1 unspecified atom stereocenters. The molecule has 106 valence electrons. The molecule has 0 aliphatic carbocycles. The van der Waals surface area contributed by atoms with E-state index in [0.29, 0.717) is 15.9 Å². The Hall–Kier alpha value is -0.630. The van der Waals surface area contributed by atoms with Gasteiger partial charge in [-0.2, -0.15) is 0 Å². The Morgan fingerprint density at radius 1 is 1.53 bits per heavy atom. The number of nitrogens with one attached hydrogen (secondary N) is 1. The Balaban J connectivity index is 2.96. The van der Waals surface area contributed by atoms with Gasteiger partial charge in [0, 0.05) is 10.5 Å². The molecule has 0 heterocycles. The number of sulfonamides is 1. The number of carboxylic acids is 1. The van der Waals surface area contributed by atoms with Gasteiger partial charge in [-0.3, -0.25) is 4.79 Å². The van der Waals surface area contributed by atoms with Crippen molar-refractivity contribution < 1.29 is 18.3 Å². The van der Waals surface area contributed by atoms with Gasteiger partial charge in [-0.05, 0) is 40.5 Å². The van der Waals surface area contributed by atoms with E-state index < -0.39 is 22.0 Å². The first kappa shape index (κ1) is 16.4. The van der Waals surface area contributed by atoms with Crippen molar-refractivity contribution in [2.24, 2.45) is 0 Å². The maximum atomic E-state index is 12.1. The van der Waals surface area contributed by atoms with Crippen LogP contribution in [0.4, 0.5) is 0 Å². The molecular formula is C11H13BrClNO4S. The van der Waals surface area contributed by atoms with Gasteiger partial charge >= 0.3 is 5.97 Å². The van der Waals surface area contributed by atoms with E-state index in [4.69, 9.17) is 16.7 Å². The van der Waals surface area contributed by atoms with E-state index >= 15 is 0 Å². The van der Waals surface area contributed by atoms with Gasteiger partial charge in [-0.1, -0.05) is 18.5 Å². The van der Waals surface area contributed by atoms with Crippen molar-refractivity contribution in [3.05, 3.63) is 27.7 Å². The Morgan fingerprint density at radius 2 is 2.16 bits per heavy atom. The van der Waals surface area contributed by atoms with Crippen LogP contribution in [-0.2, 0) is 14.8 Å². The van der Waals surface area contributed by atoms with Crippen molar-refractivity contribution in [1.29, 1.82) is 0 Å². The Kier molecular flexibility index (Phi) is 5.79. The molecule has 0 saturated heterocycles. The molecule has 0 radical (unpaired) electrons. The van der Waals surface area contributed by atoms with Crippen LogP contribution in [0.2, 0.25) is 5.02 Å². The molecule has 0 amide bonds. The fourth-order valence-corrected chi connectivity index (χ4v) is 3.40. The molecule has 1 atom stereocenters. The lowest BCUT2D eigenvalue weighted by atomic mass is 10.2. The molecule has 0 aliphatic rings. The Bertz CT molecular complexity index is 576. The first-order valence-electron chi connectivity index (χ1n) is 5.45. The predicted molar refractivity (Wildman–Crippen MR) is 75.8 cm³/mol. The Morgan fingerprint density at radius 3 is 2.63 bits per heavy atom. The number of hydrogen-bond acceptors (Lipinski definition) is 3. The summed E-state index contributed by atoms with van der Waals surface area (Å²) in [6.45, 7) is 1.72. The highest BCUT2D eigenvalue weighted by molar-refractivity contribution is 9.10. The molecule has 1 aromatic carbocycles. The molecule has 0 fully saturated rings. The van der Waals surface area contributed by atoms with Gasteiger partial charge in [-0.25, -0.2) is 13.1 Å². The summed E-state index contributed by atoms with van der Waals surface area (Å²) < 4.78 is 27.0. The molecule has 2 N–H and O–H groups in total. The third-order valence-corrected chi connectivity index (χ3v) is 5.17. The minimum atomic E-state index is -3.76. The minimum Gasteiger partial charge on any atom is -0.481 e. The van der Waals surface area contributed by atoms with E-state index in [1.807, 2.05) is 0 Å². The summed E-state index contributed by atoms with van der Waals surface area (Å²) in [7, 11) is -3.76. The average Bonchev–Trinajstić information content (AvgIpc) is 2.30. The summed E-state index contributed by atoms with van der Waals surface area (Å²) in [5.74, 6) is -1.05. The predicted octanol–water partition coefficient (Wildman–Crippen LogP) is 2.63. The van der Waals surface area contributed by atoms with Crippen LogP contribution >= 0.6 is 27.5 Å². The van der Waals surface area contributed by atoms with Crippen LogP contribution in [0.1, 0.15) is 19.8 Å². The monoisotopic (exact) mass is 369 g/mol. The molecule has 19 heavy (non-hydrogen) atoms. The molecule has 8 heteroatoms. The van der Waals surface area contributed by atoms with Crippen molar-refractivity contribution in [2.75, 3.05) is 0 Å². The Labute approximate surface area is 125 Å². The summed E-state index contributed by atoms with van der Waals surface area (Å²) in [5.41, 5.74) is 0. The molecular weight excluding hydrogens is 358 g/mol. The second-order valence-electron chi connectivity index (χ2n) is 3.90. The SMILES string of the molecule is CCC(CC(=O)O)NS(=O)(=O)c1ccc(Cl)c(Br)c1. The van der Waals surface area contributed by atoms with Crippen molar-refractivity contribution in [2.45, 2.75) is 30.7 Å². The van der Waals surface area contributed by atoms with E-state index in [9.17, 15) is 13.2 Å². The fourth-order valence-electron chi connectivity index (χ4n) is 1.41. The van der Waals surface area contributed by atoms with E-state index in [0.717, 1.165) is 0 Å². The molecule has 0 spiro atoms. The smallest absolute Gasteiger partial charge is 0.304 e. The topological polar surface area (TPSA) is 83.5 Å². The van der Waals surface area contributed by atoms with E-state index in [-0.39, 0.29) is 11.3 Å². The van der Waals surface area contributed by atoms with Crippen LogP contribution in [0, 0.1) is 0 Å². The van der Waals surface area contributed by atoms with Gasteiger partial charge in [0.15, 0.2) is 0 Å². The van der Waals surface area contributed by atoms with Gasteiger partial charge in [-0.15, -0.1) is 0 Å². The van der Waals surface area contributed by atoms with Crippen molar-refractivity contribution >= 4 is 43.5 Å². The number of aliphatic carboxylic acids is 1. The maximum Gasteiger partial charge on any atom is 0.304 e. The zero-order chi connectivity index (χ0) is 14.6. The molecule has 0 bridgehead atoms. The largest absolute Gasteiger partial charge is 0.481 e. The van der Waals surface area contributed by atoms with Crippen LogP contribution in [0.15, 0.2) is 27.6 Å². The van der Waals surface area contributed by atoms with Crippen molar-refractivity contribution in [1.82, 2.24) is 4.72 Å². The summed E-state index contributed by atoms with van der Waals surface area (Å²) in [6, 6.07) is 3.55. The summed E-state index contributed by atoms with van der Waals surface area (Å²) >= 11 is 8.94. The van der Waals surface area contributed by atoms with Crippen LogP contribution in [-0.4, -0.2) is 25.5 Å². The van der Waals surface area contributed by atoms with Gasteiger partial charge in [0.2, 0.25) is 10.0 Å². The first-order valence-corrected chi connectivity index (χ1v) is 8.11. The highest BCUT2D eigenvalue weighted by atomic mass is 79.9. The molecule has 0 saturated carbocycles. The summed E-state index contributed by atoms with van der Waals surface area (Å²) in [4.78, 5) is 10.7. The number of carboxylic acid groups (broad SMARTS) is 1. The highest BCUT2D eigenvalue weighted by Gasteiger charge is 2.21. The van der Waals surface area contributed by atoms with Crippen molar-refractivity contribution in [3.8, 4) is 0 Å². The van der Waals surface area contributed by atoms with E-state index in [1.54, 1.807) is 6.92 Å². The number of carbonyl (C=O) groups is 1.